The van der Waals surface area contributed by atoms with Gasteiger partial charge in [-0.2, -0.15) is 13.2 Å². The van der Waals surface area contributed by atoms with Crippen molar-refractivity contribution in [3.63, 3.8) is 0 Å². The summed E-state index contributed by atoms with van der Waals surface area (Å²) in [4.78, 5) is 13.9. The van der Waals surface area contributed by atoms with Crippen molar-refractivity contribution < 1.29 is 22.7 Å². The fourth-order valence-corrected chi connectivity index (χ4v) is 3.30. The summed E-state index contributed by atoms with van der Waals surface area (Å²) in [7, 11) is 0. The third kappa shape index (κ3) is 3.66. The fourth-order valence-electron chi connectivity index (χ4n) is 3.30. The van der Waals surface area contributed by atoms with Crippen molar-refractivity contribution >= 4 is 6.03 Å². The van der Waals surface area contributed by atoms with E-state index in [9.17, 15) is 18.0 Å². The first-order valence-corrected chi connectivity index (χ1v) is 8.18. The highest BCUT2D eigenvalue weighted by Crippen LogP contribution is 2.38. The van der Waals surface area contributed by atoms with Gasteiger partial charge in [0.25, 0.3) is 0 Å². The molecular weight excluding hydrogens is 321 g/mol. The van der Waals surface area contributed by atoms with Crippen molar-refractivity contribution in [3.8, 4) is 0 Å². The van der Waals surface area contributed by atoms with E-state index in [-0.39, 0.29) is 11.2 Å². The first-order chi connectivity index (χ1) is 11.4. The van der Waals surface area contributed by atoms with Gasteiger partial charge in [0.1, 0.15) is 0 Å². The van der Waals surface area contributed by atoms with Gasteiger partial charge in [0.15, 0.2) is 0 Å². The third-order valence-corrected chi connectivity index (χ3v) is 4.85. The van der Waals surface area contributed by atoms with Crippen molar-refractivity contribution in [1.82, 2.24) is 10.2 Å². The van der Waals surface area contributed by atoms with Crippen molar-refractivity contribution in [2.45, 2.75) is 37.0 Å². The monoisotopic (exact) mass is 342 g/mol. The minimum Gasteiger partial charge on any atom is -0.371 e. The van der Waals surface area contributed by atoms with Crippen LogP contribution in [0.4, 0.5) is 18.0 Å². The molecule has 0 bridgehead atoms. The Morgan fingerprint density at radius 1 is 1.29 bits per heavy atom. The highest BCUT2D eigenvalue weighted by Gasteiger charge is 2.44. The van der Waals surface area contributed by atoms with Crippen LogP contribution in [0.3, 0.4) is 0 Å². The van der Waals surface area contributed by atoms with Crippen LogP contribution in [0.5, 0.6) is 0 Å². The molecule has 3 rings (SSSR count). The molecule has 7 heteroatoms. The topological polar surface area (TPSA) is 41.6 Å². The average Bonchev–Trinajstić information content (AvgIpc) is 2.53. The molecule has 4 nitrogen and oxygen atoms in total. The smallest absolute Gasteiger partial charge is 0.371 e. The van der Waals surface area contributed by atoms with E-state index in [4.69, 9.17) is 4.74 Å². The lowest BCUT2D eigenvalue weighted by Gasteiger charge is -2.48. The molecule has 0 radical (unpaired) electrons. The largest absolute Gasteiger partial charge is 0.397 e. The molecule has 24 heavy (non-hydrogen) atoms. The zero-order valence-electron chi connectivity index (χ0n) is 13.3. The number of ether oxygens (including phenoxy) is 1. The number of rotatable bonds is 3. The van der Waals surface area contributed by atoms with Gasteiger partial charge >= 0.3 is 12.2 Å². The first kappa shape index (κ1) is 17.1. The van der Waals surface area contributed by atoms with E-state index in [1.807, 2.05) is 0 Å². The minimum atomic E-state index is -4.41. The number of hydrogen-bond donors (Lipinski definition) is 1. The maximum absolute atomic E-state index is 13.3. The number of halogens is 3. The van der Waals surface area contributed by atoms with Gasteiger partial charge in [-0.1, -0.05) is 30.3 Å². The van der Waals surface area contributed by atoms with Crippen LogP contribution in [0.1, 0.15) is 30.7 Å². The summed E-state index contributed by atoms with van der Waals surface area (Å²) >= 11 is 0. The summed E-state index contributed by atoms with van der Waals surface area (Å²) in [6, 6.07) is 7.22. The zero-order chi connectivity index (χ0) is 17.2. The van der Waals surface area contributed by atoms with Gasteiger partial charge in [-0.3, -0.25) is 0 Å². The Bertz CT molecular complexity index is 573. The molecule has 1 atom stereocenters. The number of benzene rings is 1. The van der Waals surface area contributed by atoms with E-state index in [0.717, 1.165) is 19.3 Å². The summed E-state index contributed by atoms with van der Waals surface area (Å²) in [6.45, 7) is 0.849. The van der Waals surface area contributed by atoms with Crippen LogP contribution in [0.2, 0.25) is 0 Å². The molecule has 1 aromatic carbocycles. The molecular formula is C17H21F3N2O2. The molecule has 2 aliphatic rings. The SMILES string of the molecule is O=C(NC[C@@H](c1ccccc1)C(F)(F)F)N1CCOC2(CCC2)C1. The van der Waals surface area contributed by atoms with Crippen LogP contribution in [0.15, 0.2) is 30.3 Å². The molecule has 0 aromatic heterocycles. The Kier molecular flexibility index (Phi) is 4.71. The maximum atomic E-state index is 13.3. The van der Waals surface area contributed by atoms with Crippen LogP contribution in [0.25, 0.3) is 0 Å². The van der Waals surface area contributed by atoms with Crippen molar-refractivity contribution in [2.75, 3.05) is 26.2 Å². The zero-order valence-corrected chi connectivity index (χ0v) is 13.3. The van der Waals surface area contributed by atoms with Gasteiger partial charge in [-0.15, -0.1) is 0 Å². The quantitative estimate of drug-likeness (QED) is 0.916. The second-order valence-electron chi connectivity index (χ2n) is 6.50. The molecule has 0 unspecified atom stereocenters. The molecule has 2 fully saturated rings. The normalized spacial score (nSPS) is 21.2. The summed E-state index contributed by atoms with van der Waals surface area (Å²) in [6.07, 6.45) is -1.52. The minimum absolute atomic E-state index is 0.155. The Morgan fingerprint density at radius 2 is 2.00 bits per heavy atom. The number of carbonyl (C=O) groups excluding carboxylic acids is 1. The van der Waals surface area contributed by atoms with E-state index in [0.29, 0.717) is 19.7 Å². The predicted octanol–water partition coefficient (Wildman–Crippen LogP) is 3.30. The number of nitrogens with zero attached hydrogens (tertiary/aromatic N) is 1. The molecule has 1 spiro atoms. The molecule has 1 N–H and O–H groups in total. The van der Waals surface area contributed by atoms with Crippen LogP contribution < -0.4 is 5.32 Å². The van der Waals surface area contributed by atoms with Gasteiger partial charge in [0.05, 0.1) is 24.7 Å². The molecule has 1 aliphatic carbocycles. The average molecular weight is 342 g/mol. The molecule has 132 valence electrons. The molecule has 2 amide bonds. The molecule has 1 saturated carbocycles. The number of carbonyl (C=O) groups is 1. The summed E-state index contributed by atoms with van der Waals surface area (Å²) in [5.41, 5.74) is -0.110. The van der Waals surface area contributed by atoms with Gasteiger partial charge in [0.2, 0.25) is 0 Å². The number of urea groups is 1. The van der Waals surface area contributed by atoms with Crippen LogP contribution in [0, 0.1) is 0 Å². The molecule has 1 aromatic rings. The van der Waals surface area contributed by atoms with Gasteiger partial charge in [-0.05, 0) is 24.8 Å². The summed E-state index contributed by atoms with van der Waals surface area (Å²) < 4.78 is 45.6. The van der Waals surface area contributed by atoms with Crippen molar-refractivity contribution in [3.05, 3.63) is 35.9 Å². The van der Waals surface area contributed by atoms with Crippen molar-refractivity contribution in [2.24, 2.45) is 0 Å². The molecule has 1 aliphatic heterocycles. The third-order valence-electron chi connectivity index (χ3n) is 4.85. The van der Waals surface area contributed by atoms with Crippen molar-refractivity contribution in [1.29, 1.82) is 0 Å². The Hall–Kier alpha value is -1.76. The summed E-state index contributed by atoms with van der Waals surface area (Å²) in [5.74, 6) is -1.71. The van der Waals surface area contributed by atoms with Gasteiger partial charge in [0, 0.05) is 13.1 Å². The van der Waals surface area contributed by atoms with Crippen LogP contribution >= 0.6 is 0 Å². The summed E-state index contributed by atoms with van der Waals surface area (Å²) in [5, 5.41) is 2.45. The highest BCUT2D eigenvalue weighted by molar-refractivity contribution is 5.74. The number of alkyl halides is 3. The van der Waals surface area contributed by atoms with E-state index < -0.39 is 24.7 Å². The van der Waals surface area contributed by atoms with Crippen LogP contribution in [-0.4, -0.2) is 48.9 Å². The van der Waals surface area contributed by atoms with Gasteiger partial charge in [-0.25, -0.2) is 4.79 Å². The van der Waals surface area contributed by atoms with E-state index in [1.54, 1.807) is 23.1 Å². The number of hydrogen-bond acceptors (Lipinski definition) is 2. The maximum Gasteiger partial charge on any atom is 0.397 e. The molecule has 1 saturated heterocycles. The number of amides is 2. The Morgan fingerprint density at radius 3 is 2.58 bits per heavy atom. The van der Waals surface area contributed by atoms with Crippen LogP contribution in [-0.2, 0) is 4.74 Å². The lowest BCUT2D eigenvalue weighted by Crippen LogP contribution is -2.59. The lowest BCUT2D eigenvalue weighted by molar-refractivity contribution is -0.150. The Labute approximate surface area is 139 Å². The van der Waals surface area contributed by atoms with E-state index >= 15 is 0 Å². The van der Waals surface area contributed by atoms with E-state index in [1.165, 1.54) is 12.1 Å². The molecule has 1 heterocycles. The second kappa shape index (κ2) is 6.63. The fraction of sp³-hybridized carbons (Fsp3) is 0.588. The standard InChI is InChI=1S/C17H21F3N2O2/c18-17(19,20)14(13-5-2-1-3-6-13)11-21-15(23)22-9-10-24-16(12-22)7-4-8-16/h1-3,5-6,14H,4,7-12H2,(H,21,23)/t14-/m0/s1. The number of nitrogens with one attached hydrogen (secondary N) is 1. The predicted molar refractivity (Wildman–Crippen MR) is 82.7 cm³/mol. The Balaban J connectivity index is 1.61. The second-order valence-corrected chi connectivity index (χ2v) is 6.50. The lowest BCUT2D eigenvalue weighted by atomic mass is 9.79. The number of morpholine rings is 1. The van der Waals surface area contributed by atoms with E-state index in [2.05, 4.69) is 5.32 Å². The highest BCUT2D eigenvalue weighted by atomic mass is 19.4. The van der Waals surface area contributed by atoms with Gasteiger partial charge < -0.3 is 15.0 Å². The first-order valence-electron chi connectivity index (χ1n) is 8.18.